The number of aliphatic hydroxyl groups excluding tert-OH is 1. The number of nitrogens with one attached hydrogen (secondary N) is 1. The topological polar surface area (TPSA) is 52.6 Å². The number of amides is 1. The maximum Gasteiger partial charge on any atom is 0.228 e. The van der Waals surface area contributed by atoms with Gasteiger partial charge in [0.1, 0.15) is 0 Å². The van der Waals surface area contributed by atoms with E-state index in [1.54, 1.807) is 11.9 Å². The number of carbonyl (C=O) groups excluding carboxylic acids is 1. The fourth-order valence-electron chi connectivity index (χ4n) is 1.94. The Morgan fingerprint density at radius 3 is 2.53 bits per heavy atom. The summed E-state index contributed by atoms with van der Waals surface area (Å²) >= 11 is 0. The minimum Gasteiger partial charge on any atom is -0.394 e. The largest absolute Gasteiger partial charge is 0.394 e. The molecular weight excluding hydrogens is 192 g/mol. The molecule has 1 saturated heterocycles. The first-order valence-electron chi connectivity index (χ1n) is 5.60. The molecule has 0 bridgehead atoms. The summed E-state index contributed by atoms with van der Waals surface area (Å²) in [7, 11) is 1.77. The van der Waals surface area contributed by atoms with Gasteiger partial charge < -0.3 is 15.3 Å². The quantitative estimate of drug-likeness (QED) is 0.706. The number of carbonyl (C=O) groups is 1. The van der Waals surface area contributed by atoms with Gasteiger partial charge in [-0.2, -0.15) is 0 Å². The minimum absolute atomic E-state index is 0.0244. The van der Waals surface area contributed by atoms with Gasteiger partial charge in [0.15, 0.2) is 0 Å². The standard InChI is InChI=1S/C11H22N2O2/c1-9(8-14)13(3)10(15)11(2)4-6-12-7-5-11/h9,12,14H,4-8H2,1-3H3. The average Bonchev–Trinajstić information content (AvgIpc) is 2.27. The average molecular weight is 214 g/mol. The van der Waals surface area contributed by atoms with Gasteiger partial charge in [-0.1, -0.05) is 6.92 Å². The van der Waals surface area contributed by atoms with E-state index >= 15 is 0 Å². The van der Waals surface area contributed by atoms with E-state index in [0.29, 0.717) is 0 Å². The Hall–Kier alpha value is -0.610. The van der Waals surface area contributed by atoms with Crippen molar-refractivity contribution in [3.05, 3.63) is 0 Å². The normalized spacial score (nSPS) is 22.1. The third-order valence-corrected chi connectivity index (χ3v) is 3.47. The second kappa shape index (κ2) is 4.94. The summed E-state index contributed by atoms with van der Waals surface area (Å²) in [5, 5.41) is 12.3. The maximum atomic E-state index is 12.2. The smallest absolute Gasteiger partial charge is 0.228 e. The molecule has 0 spiro atoms. The molecule has 2 N–H and O–H groups in total. The van der Waals surface area contributed by atoms with Crippen LogP contribution in [0.4, 0.5) is 0 Å². The molecule has 88 valence electrons. The maximum absolute atomic E-state index is 12.2. The van der Waals surface area contributed by atoms with Gasteiger partial charge in [-0.05, 0) is 32.9 Å². The minimum atomic E-state index is -0.247. The summed E-state index contributed by atoms with van der Waals surface area (Å²) in [4.78, 5) is 13.9. The fourth-order valence-corrected chi connectivity index (χ4v) is 1.94. The van der Waals surface area contributed by atoms with Crippen LogP contribution in [0.1, 0.15) is 26.7 Å². The number of hydrogen-bond donors (Lipinski definition) is 2. The van der Waals surface area contributed by atoms with Gasteiger partial charge in [-0.25, -0.2) is 0 Å². The molecule has 1 rings (SSSR count). The molecular formula is C11H22N2O2. The van der Waals surface area contributed by atoms with Crippen LogP contribution in [0.2, 0.25) is 0 Å². The van der Waals surface area contributed by atoms with Crippen molar-refractivity contribution >= 4 is 5.91 Å². The number of piperidine rings is 1. The van der Waals surface area contributed by atoms with Crippen molar-refractivity contribution in [1.29, 1.82) is 0 Å². The molecule has 1 unspecified atom stereocenters. The molecule has 0 aliphatic carbocycles. The van der Waals surface area contributed by atoms with Crippen LogP contribution in [0.25, 0.3) is 0 Å². The third-order valence-electron chi connectivity index (χ3n) is 3.47. The highest BCUT2D eigenvalue weighted by molar-refractivity contribution is 5.82. The van der Waals surface area contributed by atoms with Crippen molar-refractivity contribution in [2.75, 3.05) is 26.7 Å². The van der Waals surface area contributed by atoms with Crippen molar-refractivity contribution in [1.82, 2.24) is 10.2 Å². The van der Waals surface area contributed by atoms with Crippen LogP contribution in [0.15, 0.2) is 0 Å². The molecule has 0 aromatic carbocycles. The molecule has 1 heterocycles. The molecule has 1 aliphatic rings. The van der Waals surface area contributed by atoms with Gasteiger partial charge >= 0.3 is 0 Å². The lowest BCUT2D eigenvalue weighted by Gasteiger charge is -2.37. The number of aliphatic hydroxyl groups is 1. The third kappa shape index (κ3) is 2.69. The summed E-state index contributed by atoms with van der Waals surface area (Å²) in [6, 6.07) is -0.0933. The Morgan fingerprint density at radius 1 is 1.53 bits per heavy atom. The number of rotatable bonds is 3. The molecule has 15 heavy (non-hydrogen) atoms. The molecule has 4 nitrogen and oxygen atoms in total. The highest BCUT2D eigenvalue weighted by Gasteiger charge is 2.37. The van der Waals surface area contributed by atoms with Gasteiger partial charge in [-0.3, -0.25) is 4.79 Å². The Balaban J connectivity index is 2.65. The summed E-state index contributed by atoms with van der Waals surface area (Å²) in [5.41, 5.74) is -0.247. The SMILES string of the molecule is CC(CO)N(C)C(=O)C1(C)CCNCC1. The lowest BCUT2D eigenvalue weighted by atomic mass is 9.79. The van der Waals surface area contributed by atoms with Gasteiger partial charge in [0.25, 0.3) is 0 Å². The van der Waals surface area contributed by atoms with E-state index in [9.17, 15) is 4.79 Å². The predicted octanol–water partition coefficient (Wildman–Crippen LogP) is 0.215. The van der Waals surface area contributed by atoms with E-state index in [1.807, 2.05) is 13.8 Å². The Bertz CT molecular complexity index is 225. The van der Waals surface area contributed by atoms with Crippen LogP contribution < -0.4 is 5.32 Å². The molecule has 0 aromatic rings. The number of likely N-dealkylation sites (N-methyl/N-ethyl adjacent to an activating group) is 1. The Kier molecular flexibility index (Phi) is 4.11. The van der Waals surface area contributed by atoms with Crippen LogP contribution in [-0.2, 0) is 4.79 Å². The first-order valence-corrected chi connectivity index (χ1v) is 5.60. The molecule has 0 aromatic heterocycles. The highest BCUT2D eigenvalue weighted by Crippen LogP contribution is 2.30. The second-order valence-corrected chi connectivity index (χ2v) is 4.76. The van der Waals surface area contributed by atoms with Gasteiger partial charge in [0.05, 0.1) is 12.6 Å². The zero-order valence-corrected chi connectivity index (χ0v) is 9.92. The number of hydrogen-bond acceptors (Lipinski definition) is 3. The molecule has 1 atom stereocenters. The Labute approximate surface area is 91.6 Å². The monoisotopic (exact) mass is 214 g/mol. The van der Waals surface area contributed by atoms with E-state index in [2.05, 4.69) is 5.32 Å². The van der Waals surface area contributed by atoms with Crippen molar-refractivity contribution in [2.24, 2.45) is 5.41 Å². The first kappa shape index (κ1) is 12.5. The van der Waals surface area contributed by atoms with Crippen molar-refractivity contribution < 1.29 is 9.90 Å². The van der Waals surface area contributed by atoms with Crippen LogP contribution in [0, 0.1) is 5.41 Å². The lowest BCUT2D eigenvalue weighted by molar-refractivity contribution is -0.144. The number of nitrogens with zero attached hydrogens (tertiary/aromatic N) is 1. The van der Waals surface area contributed by atoms with Gasteiger partial charge in [0, 0.05) is 12.5 Å². The zero-order valence-electron chi connectivity index (χ0n) is 9.92. The second-order valence-electron chi connectivity index (χ2n) is 4.76. The van der Waals surface area contributed by atoms with Gasteiger partial charge in [0.2, 0.25) is 5.91 Å². The molecule has 4 heteroatoms. The first-order chi connectivity index (χ1) is 7.01. The molecule has 1 amide bonds. The molecule has 0 radical (unpaired) electrons. The van der Waals surface area contributed by atoms with E-state index in [4.69, 9.17) is 5.11 Å². The van der Waals surface area contributed by atoms with Crippen LogP contribution >= 0.6 is 0 Å². The molecule has 0 saturated carbocycles. The Morgan fingerprint density at radius 2 is 2.07 bits per heavy atom. The molecule has 1 fully saturated rings. The fraction of sp³-hybridized carbons (Fsp3) is 0.909. The summed E-state index contributed by atoms with van der Waals surface area (Å²) < 4.78 is 0. The van der Waals surface area contributed by atoms with Crippen LogP contribution in [-0.4, -0.2) is 48.7 Å². The van der Waals surface area contributed by atoms with Crippen LogP contribution in [0.3, 0.4) is 0 Å². The van der Waals surface area contributed by atoms with Crippen LogP contribution in [0.5, 0.6) is 0 Å². The van der Waals surface area contributed by atoms with Crippen molar-refractivity contribution in [3.63, 3.8) is 0 Å². The lowest BCUT2D eigenvalue weighted by Crippen LogP contribution is -2.49. The molecule has 1 aliphatic heterocycles. The zero-order chi connectivity index (χ0) is 11.5. The van der Waals surface area contributed by atoms with Crippen molar-refractivity contribution in [3.8, 4) is 0 Å². The highest BCUT2D eigenvalue weighted by atomic mass is 16.3. The van der Waals surface area contributed by atoms with E-state index in [1.165, 1.54) is 0 Å². The van der Waals surface area contributed by atoms with E-state index in [0.717, 1.165) is 25.9 Å². The summed E-state index contributed by atoms with van der Waals surface area (Å²) in [6.07, 6.45) is 1.77. The summed E-state index contributed by atoms with van der Waals surface area (Å²) in [6.45, 7) is 5.73. The van der Waals surface area contributed by atoms with Gasteiger partial charge in [-0.15, -0.1) is 0 Å². The summed E-state index contributed by atoms with van der Waals surface area (Å²) in [5.74, 6) is 0.158. The predicted molar refractivity (Wildman–Crippen MR) is 59.5 cm³/mol. The van der Waals surface area contributed by atoms with E-state index in [-0.39, 0.29) is 24.0 Å². The van der Waals surface area contributed by atoms with E-state index < -0.39 is 0 Å². The van der Waals surface area contributed by atoms with Crippen molar-refractivity contribution in [2.45, 2.75) is 32.7 Å².